The van der Waals surface area contributed by atoms with Crippen LogP contribution < -0.4 is 0 Å². The van der Waals surface area contributed by atoms with Crippen molar-refractivity contribution in [3.05, 3.63) is 35.1 Å². The van der Waals surface area contributed by atoms with Gasteiger partial charge in [0.25, 0.3) is 0 Å². The predicted molar refractivity (Wildman–Crippen MR) is 66.9 cm³/mol. The van der Waals surface area contributed by atoms with Crippen LogP contribution in [0.25, 0.3) is 0 Å². The third-order valence-corrected chi connectivity index (χ3v) is 4.18. The predicted octanol–water partition coefficient (Wildman–Crippen LogP) is 5.01. The smallest absolute Gasteiger partial charge is 0.126 e. The van der Waals surface area contributed by atoms with E-state index in [4.69, 9.17) is 0 Å². The largest absolute Gasteiger partial charge is 0.207 e. The van der Waals surface area contributed by atoms with Gasteiger partial charge in [-0.25, -0.2) is 4.39 Å². The van der Waals surface area contributed by atoms with Crippen LogP contribution in [0, 0.1) is 18.7 Å². The highest BCUT2D eigenvalue weighted by Gasteiger charge is 2.15. The van der Waals surface area contributed by atoms with Crippen LogP contribution in [0.5, 0.6) is 0 Å². The number of alkyl halides is 1. The Morgan fingerprint density at radius 1 is 1.40 bits per heavy atom. The Morgan fingerprint density at radius 3 is 2.60 bits per heavy atom. The van der Waals surface area contributed by atoms with Crippen molar-refractivity contribution in [1.82, 2.24) is 0 Å². The van der Waals surface area contributed by atoms with Gasteiger partial charge in [0.2, 0.25) is 0 Å². The lowest BCUT2D eigenvalue weighted by molar-refractivity contribution is 0.517. The molecule has 0 N–H and O–H groups in total. The van der Waals surface area contributed by atoms with E-state index in [1.165, 1.54) is 18.4 Å². The number of aryl methyl sites for hydroxylation is 1. The molecule has 2 atom stereocenters. The molecule has 0 aliphatic carbocycles. The van der Waals surface area contributed by atoms with Crippen molar-refractivity contribution in [3.63, 3.8) is 0 Å². The molecule has 0 amide bonds. The summed E-state index contributed by atoms with van der Waals surface area (Å²) in [5.74, 6) is 0.460. The second-order valence-electron chi connectivity index (χ2n) is 4.18. The SMILES string of the molecule is CCCC(C)C(Br)c1ccc(F)c(C)c1. The Kier molecular flexibility index (Phi) is 4.78. The first-order chi connectivity index (χ1) is 7.06. The summed E-state index contributed by atoms with van der Waals surface area (Å²) in [6.45, 7) is 6.22. The van der Waals surface area contributed by atoms with Gasteiger partial charge in [0, 0.05) is 4.83 Å². The van der Waals surface area contributed by atoms with Gasteiger partial charge in [-0.05, 0) is 36.5 Å². The molecule has 15 heavy (non-hydrogen) atoms. The van der Waals surface area contributed by atoms with Crippen LogP contribution in [0.4, 0.5) is 4.39 Å². The third kappa shape index (κ3) is 3.30. The highest BCUT2D eigenvalue weighted by molar-refractivity contribution is 9.09. The van der Waals surface area contributed by atoms with Gasteiger partial charge >= 0.3 is 0 Å². The lowest BCUT2D eigenvalue weighted by atomic mass is 9.96. The molecule has 2 heteroatoms. The van der Waals surface area contributed by atoms with Gasteiger partial charge in [-0.1, -0.05) is 48.3 Å². The first-order valence-electron chi connectivity index (χ1n) is 5.46. The fourth-order valence-electron chi connectivity index (χ4n) is 1.77. The van der Waals surface area contributed by atoms with Gasteiger partial charge in [-0.2, -0.15) is 0 Å². The molecule has 84 valence electrons. The molecule has 0 aromatic heterocycles. The minimum Gasteiger partial charge on any atom is -0.207 e. The van der Waals surface area contributed by atoms with Crippen molar-refractivity contribution >= 4 is 15.9 Å². The van der Waals surface area contributed by atoms with Crippen LogP contribution in [-0.2, 0) is 0 Å². The van der Waals surface area contributed by atoms with Gasteiger partial charge in [0.15, 0.2) is 0 Å². The molecule has 0 fully saturated rings. The number of hydrogen-bond acceptors (Lipinski definition) is 0. The van der Waals surface area contributed by atoms with Gasteiger partial charge in [0.05, 0.1) is 0 Å². The van der Waals surface area contributed by atoms with E-state index in [2.05, 4.69) is 29.8 Å². The van der Waals surface area contributed by atoms with Crippen molar-refractivity contribution in [2.24, 2.45) is 5.92 Å². The van der Waals surface area contributed by atoms with Crippen LogP contribution in [0.1, 0.15) is 42.6 Å². The van der Waals surface area contributed by atoms with E-state index in [9.17, 15) is 4.39 Å². The molecule has 0 aliphatic rings. The zero-order valence-electron chi connectivity index (χ0n) is 9.56. The summed E-state index contributed by atoms with van der Waals surface area (Å²) in [4.78, 5) is 0.330. The Bertz CT molecular complexity index is 322. The number of benzene rings is 1. The van der Waals surface area contributed by atoms with Crippen molar-refractivity contribution in [2.75, 3.05) is 0 Å². The second kappa shape index (κ2) is 5.64. The average Bonchev–Trinajstić information content (AvgIpc) is 2.21. The van der Waals surface area contributed by atoms with Crippen molar-refractivity contribution in [1.29, 1.82) is 0 Å². The molecule has 0 radical (unpaired) electrons. The molecule has 0 nitrogen and oxygen atoms in total. The van der Waals surface area contributed by atoms with Gasteiger partial charge < -0.3 is 0 Å². The van der Waals surface area contributed by atoms with Crippen LogP contribution in [-0.4, -0.2) is 0 Å². The molecule has 0 spiro atoms. The molecular weight excluding hydrogens is 255 g/mol. The molecule has 1 rings (SSSR count). The Labute approximate surface area is 100 Å². The molecule has 0 aliphatic heterocycles. The van der Waals surface area contributed by atoms with Crippen molar-refractivity contribution in [2.45, 2.75) is 38.4 Å². The lowest BCUT2D eigenvalue weighted by Gasteiger charge is -2.18. The minimum absolute atomic E-state index is 0.124. The van der Waals surface area contributed by atoms with Gasteiger partial charge in [-0.3, -0.25) is 0 Å². The Balaban J connectivity index is 2.81. The summed E-state index contributed by atoms with van der Waals surface area (Å²) in [6.07, 6.45) is 2.37. The molecule has 0 saturated carbocycles. The van der Waals surface area contributed by atoms with Crippen molar-refractivity contribution < 1.29 is 4.39 Å². The lowest BCUT2D eigenvalue weighted by Crippen LogP contribution is -2.03. The topological polar surface area (TPSA) is 0 Å². The summed E-state index contributed by atoms with van der Waals surface area (Å²) < 4.78 is 13.1. The summed E-state index contributed by atoms with van der Waals surface area (Å²) in [6, 6.07) is 5.35. The summed E-state index contributed by atoms with van der Waals surface area (Å²) in [5, 5.41) is 0. The standard InChI is InChI=1S/C13H18BrF/c1-4-5-9(2)13(14)11-6-7-12(15)10(3)8-11/h6-9,13H,4-5H2,1-3H3. The molecule has 2 unspecified atom stereocenters. The van der Waals surface area contributed by atoms with E-state index in [-0.39, 0.29) is 5.82 Å². The van der Waals surface area contributed by atoms with Gasteiger partial charge in [0.1, 0.15) is 5.82 Å². The highest BCUT2D eigenvalue weighted by atomic mass is 79.9. The summed E-state index contributed by atoms with van der Waals surface area (Å²) >= 11 is 3.69. The van der Waals surface area contributed by atoms with E-state index in [0.717, 1.165) is 5.56 Å². The molecule has 0 bridgehead atoms. The molecule has 1 aromatic rings. The number of hydrogen-bond donors (Lipinski definition) is 0. The van der Waals surface area contributed by atoms with E-state index in [1.807, 2.05) is 19.1 Å². The first kappa shape index (κ1) is 12.7. The zero-order chi connectivity index (χ0) is 11.4. The number of rotatable bonds is 4. The highest BCUT2D eigenvalue weighted by Crippen LogP contribution is 2.34. The second-order valence-corrected chi connectivity index (χ2v) is 5.16. The normalized spacial score (nSPS) is 15.0. The summed E-state index contributed by atoms with van der Waals surface area (Å²) in [7, 11) is 0. The van der Waals surface area contributed by atoms with E-state index < -0.39 is 0 Å². The monoisotopic (exact) mass is 272 g/mol. The molecular formula is C13H18BrF. The van der Waals surface area contributed by atoms with Gasteiger partial charge in [-0.15, -0.1) is 0 Å². The Hall–Kier alpha value is -0.370. The fourth-order valence-corrected chi connectivity index (χ4v) is 2.32. The van der Waals surface area contributed by atoms with E-state index >= 15 is 0 Å². The maximum absolute atomic E-state index is 13.1. The first-order valence-corrected chi connectivity index (χ1v) is 6.38. The van der Waals surface area contributed by atoms with Crippen molar-refractivity contribution in [3.8, 4) is 0 Å². The molecule has 0 heterocycles. The average molecular weight is 273 g/mol. The van der Waals surface area contributed by atoms with Crippen LogP contribution in [0.3, 0.4) is 0 Å². The number of halogens is 2. The maximum atomic E-state index is 13.1. The zero-order valence-corrected chi connectivity index (χ0v) is 11.1. The summed E-state index contributed by atoms with van der Waals surface area (Å²) in [5.41, 5.74) is 1.90. The van der Waals surface area contributed by atoms with E-state index in [0.29, 0.717) is 10.7 Å². The van der Waals surface area contributed by atoms with Crippen LogP contribution in [0.2, 0.25) is 0 Å². The van der Waals surface area contributed by atoms with Crippen LogP contribution >= 0.6 is 15.9 Å². The Morgan fingerprint density at radius 2 is 2.07 bits per heavy atom. The quantitative estimate of drug-likeness (QED) is 0.677. The molecule has 0 saturated heterocycles. The fraction of sp³-hybridized carbons (Fsp3) is 0.538. The minimum atomic E-state index is -0.124. The van der Waals surface area contributed by atoms with Crippen LogP contribution in [0.15, 0.2) is 18.2 Å². The maximum Gasteiger partial charge on any atom is 0.126 e. The molecule has 1 aromatic carbocycles. The third-order valence-electron chi connectivity index (χ3n) is 2.74. The van der Waals surface area contributed by atoms with E-state index in [1.54, 1.807) is 6.07 Å².